The SMILES string of the molecule is CNCc1ccc(-c2nnc(-c3nc(-c4ccc(S(O)(O)N(C)C)cc4)cnc3C)o2)cc1.[HH]. The normalized spacial score (nSPS) is 12.3. The van der Waals surface area contributed by atoms with Gasteiger partial charge in [-0.25, -0.2) is 9.29 Å². The van der Waals surface area contributed by atoms with Crippen LogP contribution in [0.15, 0.2) is 64.0 Å². The van der Waals surface area contributed by atoms with Crippen molar-refractivity contribution in [1.29, 1.82) is 0 Å². The van der Waals surface area contributed by atoms with Crippen molar-refractivity contribution in [3.05, 3.63) is 66.0 Å². The Kier molecular flexibility index (Phi) is 6.54. The minimum Gasteiger partial charge on any atom is -0.415 e. The monoisotopic (exact) mass is 468 g/mol. The first kappa shape index (κ1) is 23.0. The highest BCUT2D eigenvalue weighted by Gasteiger charge is 2.19. The number of hydrogen-bond acceptors (Lipinski definition) is 9. The molecule has 33 heavy (non-hydrogen) atoms. The summed E-state index contributed by atoms with van der Waals surface area (Å²) < 4.78 is 27.9. The van der Waals surface area contributed by atoms with Gasteiger partial charge in [-0.15, -0.1) is 21.0 Å². The summed E-state index contributed by atoms with van der Waals surface area (Å²) in [4.78, 5) is 9.57. The zero-order valence-corrected chi connectivity index (χ0v) is 19.7. The number of benzene rings is 2. The molecule has 0 aliphatic heterocycles. The van der Waals surface area contributed by atoms with Crippen LogP contribution < -0.4 is 5.32 Å². The first-order chi connectivity index (χ1) is 15.8. The van der Waals surface area contributed by atoms with Crippen LogP contribution in [0.1, 0.15) is 12.7 Å². The van der Waals surface area contributed by atoms with Gasteiger partial charge < -0.3 is 9.73 Å². The lowest BCUT2D eigenvalue weighted by atomic mass is 10.1. The Bertz CT molecular complexity index is 1250. The smallest absolute Gasteiger partial charge is 0.268 e. The van der Waals surface area contributed by atoms with Crippen LogP contribution in [0.2, 0.25) is 0 Å². The molecule has 4 aromatic rings. The van der Waals surface area contributed by atoms with E-state index < -0.39 is 10.8 Å². The van der Waals surface area contributed by atoms with Crippen LogP contribution in [0.4, 0.5) is 0 Å². The van der Waals surface area contributed by atoms with Crippen molar-refractivity contribution >= 4 is 10.8 Å². The average Bonchev–Trinajstić information content (AvgIpc) is 3.30. The molecule has 0 bridgehead atoms. The van der Waals surface area contributed by atoms with E-state index in [2.05, 4.69) is 25.5 Å². The quantitative estimate of drug-likeness (QED) is 0.354. The molecule has 0 atom stereocenters. The standard InChI is InChI=1S/C23H26N6O3S.H2/c1-15-21(23-28-27-22(32-23)18-7-5-16(6-8-18)13-24-2)26-20(14-25-15)17-9-11-19(12-10-17)33(30,31)29(3)4;/h5-12,14,24,30-31H,13H2,1-4H3;1H. The molecule has 3 N–H and O–H groups in total. The molecule has 0 saturated carbocycles. The predicted molar refractivity (Wildman–Crippen MR) is 131 cm³/mol. The van der Waals surface area contributed by atoms with Crippen molar-refractivity contribution in [1.82, 2.24) is 29.8 Å². The first-order valence-corrected chi connectivity index (χ1v) is 11.8. The third-order valence-corrected chi connectivity index (χ3v) is 7.06. The fraction of sp³-hybridized carbons (Fsp3) is 0.217. The van der Waals surface area contributed by atoms with E-state index in [0.29, 0.717) is 27.9 Å². The van der Waals surface area contributed by atoms with Crippen LogP contribution in [-0.4, -0.2) is 54.7 Å². The van der Waals surface area contributed by atoms with E-state index in [1.807, 2.05) is 38.2 Å². The predicted octanol–water partition coefficient (Wildman–Crippen LogP) is 4.72. The maximum Gasteiger partial charge on any atom is 0.268 e. The maximum absolute atomic E-state index is 10.3. The minimum atomic E-state index is -3.00. The Morgan fingerprint density at radius 3 is 2.24 bits per heavy atom. The third kappa shape index (κ3) is 4.80. The molecular formula is C23H28N6O3S. The second-order valence-electron chi connectivity index (χ2n) is 7.68. The van der Waals surface area contributed by atoms with Gasteiger partial charge in [0.25, 0.3) is 5.89 Å². The van der Waals surface area contributed by atoms with Gasteiger partial charge in [-0.3, -0.25) is 14.1 Å². The zero-order chi connectivity index (χ0) is 23.6. The molecule has 2 aromatic carbocycles. The highest BCUT2D eigenvalue weighted by atomic mass is 32.3. The van der Waals surface area contributed by atoms with Crippen molar-refractivity contribution in [3.8, 4) is 34.3 Å². The van der Waals surface area contributed by atoms with Gasteiger partial charge in [-0.1, -0.05) is 24.3 Å². The summed E-state index contributed by atoms with van der Waals surface area (Å²) in [6.07, 6.45) is 1.66. The molecule has 2 heterocycles. The molecule has 0 saturated heterocycles. The van der Waals surface area contributed by atoms with E-state index in [9.17, 15) is 9.11 Å². The summed E-state index contributed by atoms with van der Waals surface area (Å²) in [5, 5.41) is 11.5. The highest BCUT2D eigenvalue weighted by Crippen LogP contribution is 2.49. The lowest BCUT2D eigenvalue weighted by molar-refractivity contribution is 0.414. The average molecular weight is 469 g/mol. The van der Waals surface area contributed by atoms with E-state index in [1.165, 1.54) is 4.31 Å². The first-order valence-electron chi connectivity index (χ1n) is 10.3. The fourth-order valence-electron chi connectivity index (χ4n) is 3.21. The third-order valence-electron chi connectivity index (χ3n) is 5.14. The number of hydrogen-bond donors (Lipinski definition) is 3. The fourth-order valence-corrected chi connectivity index (χ4v) is 4.14. The van der Waals surface area contributed by atoms with Crippen molar-refractivity contribution < 1.29 is 14.9 Å². The number of aryl methyl sites for hydroxylation is 1. The molecule has 174 valence electrons. The summed E-state index contributed by atoms with van der Waals surface area (Å²) in [6, 6.07) is 14.8. The molecule has 9 nitrogen and oxygen atoms in total. The van der Waals surface area contributed by atoms with Crippen molar-refractivity contribution in [3.63, 3.8) is 0 Å². The van der Waals surface area contributed by atoms with E-state index in [-0.39, 0.29) is 7.32 Å². The molecule has 0 aliphatic rings. The molecular weight excluding hydrogens is 440 g/mol. The zero-order valence-electron chi connectivity index (χ0n) is 18.9. The summed E-state index contributed by atoms with van der Waals surface area (Å²) in [5.74, 6) is 0.695. The number of rotatable bonds is 7. The molecule has 0 unspecified atom stereocenters. The molecule has 10 heteroatoms. The number of aromatic nitrogens is 4. The Labute approximate surface area is 195 Å². The van der Waals surface area contributed by atoms with Gasteiger partial charge >= 0.3 is 0 Å². The lowest BCUT2D eigenvalue weighted by Crippen LogP contribution is -2.18. The summed E-state index contributed by atoms with van der Waals surface area (Å²) in [5.41, 5.74) is 4.54. The van der Waals surface area contributed by atoms with Crippen LogP contribution in [0.25, 0.3) is 34.3 Å². The molecule has 0 spiro atoms. The second-order valence-corrected chi connectivity index (χ2v) is 9.92. The highest BCUT2D eigenvalue weighted by molar-refractivity contribution is 8.22. The lowest BCUT2D eigenvalue weighted by Gasteiger charge is -2.38. The maximum atomic E-state index is 10.3. The minimum absolute atomic E-state index is 0. The van der Waals surface area contributed by atoms with Gasteiger partial charge in [-0.2, -0.15) is 0 Å². The van der Waals surface area contributed by atoms with E-state index >= 15 is 0 Å². The van der Waals surface area contributed by atoms with E-state index in [1.54, 1.807) is 44.6 Å². The Balaban J connectivity index is 0.00000324. The van der Waals surface area contributed by atoms with Crippen LogP contribution in [-0.2, 0) is 6.54 Å². The Hall–Kier alpha value is -3.15. The molecule has 4 rings (SSSR count). The topological polar surface area (TPSA) is 120 Å². The van der Waals surface area contributed by atoms with Crippen molar-refractivity contribution in [2.24, 2.45) is 0 Å². The van der Waals surface area contributed by atoms with E-state index in [4.69, 9.17) is 4.42 Å². The van der Waals surface area contributed by atoms with Gasteiger partial charge in [0.2, 0.25) is 5.89 Å². The largest absolute Gasteiger partial charge is 0.415 e. The molecule has 2 aromatic heterocycles. The summed E-state index contributed by atoms with van der Waals surface area (Å²) in [6.45, 7) is 2.61. The second kappa shape index (κ2) is 9.38. The number of nitrogens with zero attached hydrogens (tertiary/aromatic N) is 5. The Morgan fingerprint density at radius 2 is 1.61 bits per heavy atom. The van der Waals surface area contributed by atoms with Gasteiger partial charge in [0.05, 0.1) is 22.5 Å². The summed E-state index contributed by atoms with van der Waals surface area (Å²) >= 11 is 0. The molecule has 0 aliphatic carbocycles. The molecule has 0 radical (unpaired) electrons. The van der Waals surface area contributed by atoms with E-state index in [0.717, 1.165) is 23.2 Å². The molecule has 0 amide bonds. The molecule has 0 fully saturated rings. The van der Waals surface area contributed by atoms with Crippen LogP contribution in [0.3, 0.4) is 0 Å². The number of nitrogens with one attached hydrogen (secondary N) is 1. The van der Waals surface area contributed by atoms with Gasteiger partial charge in [0, 0.05) is 33.2 Å². The van der Waals surface area contributed by atoms with Crippen LogP contribution >= 0.6 is 10.8 Å². The van der Waals surface area contributed by atoms with Gasteiger partial charge in [0.1, 0.15) is 5.69 Å². The Morgan fingerprint density at radius 1 is 0.970 bits per heavy atom. The summed E-state index contributed by atoms with van der Waals surface area (Å²) in [7, 11) is 2.14. The van der Waals surface area contributed by atoms with Crippen LogP contribution in [0.5, 0.6) is 0 Å². The van der Waals surface area contributed by atoms with Crippen molar-refractivity contribution in [2.45, 2.75) is 18.4 Å². The van der Waals surface area contributed by atoms with Gasteiger partial charge in [-0.05, 0) is 43.8 Å². The van der Waals surface area contributed by atoms with Crippen LogP contribution in [0, 0.1) is 6.92 Å². The van der Waals surface area contributed by atoms with Gasteiger partial charge in [0.15, 0.2) is 0 Å². The van der Waals surface area contributed by atoms with Crippen molar-refractivity contribution in [2.75, 3.05) is 21.1 Å².